The molecular formula is C11H17NO2S. The van der Waals surface area contributed by atoms with Crippen molar-refractivity contribution in [3.8, 4) is 0 Å². The van der Waals surface area contributed by atoms with Crippen molar-refractivity contribution >= 4 is 17.3 Å². The van der Waals surface area contributed by atoms with Gasteiger partial charge in [-0.3, -0.25) is 4.79 Å². The number of carbonyl (C=O) groups is 1. The van der Waals surface area contributed by atoms with Crippen LogP contribution in [0.3, 0.4) is 0 Å². The molecule has 0 aliphatic carbocycles. The minimum absolute atomic E-state index is 0.337. The van der Waals surface area contributed by atoms with Crippen LogP contribution in [-0.2, 0) is 16.0 Å². The number of rotatable bonds is 3. The predicted octanol–water partition coefficient (Wildman–Crippen LogP) is 1.96. The lowest BCUT2D eigenvalue weighted by atomic mass is 10.1. The molecule has 0 aliphatic rings. The molecule has 0 spiro atoms. The molecule has 0 amide bonds. The third-order valence-corrected chi connectivity index (χ3v) is 2.61. The van der Waals surface area contributed by atoms with Crippen molar-refractivity contribution in [2.45, 2.75) is 38.8 Å². The number of thiophene rings is 1. The molecule has 3 nitrogen and oxygen atoms in total. The molecule has 0 radical (unpaired) electrons. The first kappa shape index (κ1) is 12.2. The largest absolute Gasteiger partial charge is 0.459 e. The van der Waals surface area contributed by atoms with E-state index in [-0.39, 0.29) is 5.97 Å². The minimum atomic E-state index is -0.567. The summed E-state index contributed by atoms with van der Waals surface area (Å²) in [5.41, 5.74) is 5.28. The average molecular weight is 227 g/mol. The fourth-order valence-corrected chi connectivity index (χ4v) is 1.87. The van der Waals surface area contributed by atoms with Gasteiger partial charge in [0.1, 0.15) is 11.6 Å². The topological polar surface area (TPSA) is 52.3 Å². The van der Waals surface area contributed by atoms with E-state index < -0.39 is 11.6 Å². The van der Waals surface area contributed by atoms with Gasteiger partial charge in [-0.2, -0.15) is 0 Å². The summed E-state index contributed by atoms with van der Waals surface area (Å²) < 4.78 is 5.19. The number of nitrogens with two attached hydrogens (primary N) is 1. The van der Waals surface area contributed by atoms with Crippen molar-refractivity contribution in [1.29, 1.82) is 0 Å². The van der Waals surface area contributed by atoms with Crippen LogP contribution in [0.15, 0.2) is 17.5 Å². The van der Waals surface area contributed by atoms with Crippen LogP contribution in [0.25, 0.3) is 0 Å². The fraction of sp³-hybridized carbons (Fsp3) is 0.545. The van der Waals surface area contributed by atoms with Crippen LogP contribution in [0.5, 0.6) is 0 Å². The molecule has 0 saturated carbocycles. The summed E-state index contributed by atoms with van der Waals surface area (Å²) in [6, 6.07) is 3.35. The Morgan fingerprint density at radius 2 is 2.27 bits per heavy atom. The first-order valence-corrected chi connectivity index (χ1v) is 5.77. The molecule has 1 atom stereocenters. The maximum Gasteiger partial charge on any atom is 0.323 e. The van der Waals surface area contributed by atoms with Crippen molar-refractivity contribution < 1.29 is 9.53 Å². The summed E-state index contributed by atoms with van der Waals surface area (Å²) in [7, 11) is 0. The van der Waals surface area contributed by atoms with Gasteiger partial charge in [0, 0.05) is 11.3 Å². The van der Waals surface area contributed by atoms with Crippen LogP contribution in [0.4, 0.5) is 0 Å². The predicted molar refractivity (Wildman–Crippen MR) is 61.8 cm³/mol. The van der Waals surface area contributed by atoms with E-state index in [0.29, 0.717) is 6.42 Å². The van der Waals surface area contributed by atoms with Crippen molar-refractivity contribution in [3.63, 3.8) is 0 Å². The van der Waals surface area contributed by atoms with Gasteiger partial charge in [-0.25, -0.2) is 0 Å². The lowest BCUT2D eigenvalue weighted by Crippen LogP contribution is -2.38. The first-order valence-electron chi connectivity index (χ1n) is 4.89. The Morgan fingerprint density at radius 3 is 2.73 bits per heavy atom. The van der Waals surface area contributed by atoms with Gasteiger partial charge in [0.2, 0.25) is 0 Å². The van der Waals surface area contributed by atoms with Crippen LogP contribution >= 0.6 is 11.3 Å². The Balaban J connectivity index is 2.47. The van der Waals surface area contributed by atoms with Gasteiger partial charge in [0.05, 0.1) is 0 Å². The average Bonchev–Trinajstić information content (AvgIpc) is 2.53. The second-order valence-electron chi connectivity index (χ2n) is 4.42. The molecule has 4 heteroatoms. The van der Waals surface area contributed by atoms with Gasteiger partial charge >= 0.3 is 5.97 Å². The maximum atomic E-state index is 11.5. The monoisotopic (exact) mass is 227 g/mol. The Labute approximate surface area is 94.2 Å². The molecule has 1 aromatic heterocycles. The zero-order valence-corrected chi connectivity index (χ0v) is 10.1. The number of carbonyl (C=O) groups excluding carboxylic acids is 1. The second-order valence-corrected chi connectivity index (χ2v) is 5.46. The Morgan fingerprint density at radius 1 is 1.60 bits per heavy atom. The normalized spacial score (nSPS) is 13.6. The smallest absolute Gasteiger partial charge is 0.323 e. The van der Waals surface area contributed by atoms with Gasteiger partial charge in [-0.05, 0) is 32.2 Å². The number of ether oxygens (including phenoxy) is 1. The quantitative estimate of drug-likeness (QED) is 0.803. The lowest BCUT2D eigenvalue weighted by molar-refractivity contribution is -0.156. The lowest BCUT2D eigenvalue weighted by Gasteiger charge is -2.21. The van der Waals surface area contributed by atoms with Crippen molar-refractivity contribution in [3.05, 3.63) is 22.4 Å². The maximum absolute atomic E-state index is 11.5. The molecule has 2 N–H and O–H groups in total. The van der Waals surface area contributed by atoms with E-state index in [1.54, 1.807) is 11.3 Å². The highest BCUT2D eigenvalue weighted by Crippen LogP contribution is 2.13. The van der Waals surface area contributed by atoms with E-state index in [2.05, 4.69) is 0 Å². The first-order chi connectivity index (χ1) is 6.88. The van der Waals surface area contributed by atoms with Gasteiger partial charge in [0.15, 0.2) is 0 Å². The van der Waals surface area contributed by atoms with Gasteiger partial charge in [-0.1, -0.05) is 6.07 Å². The summed E-state index contributed by atoms with van der Waals surface area (Å²) in [5.74, 6) is -0.337. The molecule has 1 rings (SSSR count). The van der Waals surface area contributed by atoms with Gasteiger partial charge in [-0.15, -0.1) is 11.3 Å². The van der Waals surface area contributed by atoms with Crippen molar-refractivity contribution in [2.24, 2.45) is 5.73 Å². The number of hydrogen-bond acceptors (Lipinski definition) is 4. The molecule has 0 fully saturated rings. The summed E-state index contributed by atoms with van der Waals surface area (Å²) in [4.78, 5) is 12.6. The van der Waals surface area contributed by atoms with Crippen molar-refractivity contribution in [1.82, 2.24) is 0 Å². The van der Waals surface area contributed by atoms with Crippen LogP contribution in [0.2, 0.25) is 0 Å². The highest BCUT2D eigenvalue weighted by Gasteiger charge is 2.22. The molecule has 0 bridgehead atoms. The summed E-state index contributed by atoms with van der Waals surface area (Å²) in [5, 5.41) is 1.97. The van der Waals surface area contributed by atoms with E-state index in [9.17, 15) is 4.79 Å². The van der Waals surface area contributed by atoms with Crippen molar-refractivity contribution in [2.75, 3.05) is 0 Å². The van der Waals surface area contributed by atoms with Crippen LogP contribution < -0.4 is 5.73 Å². The van der Waals surface area contributed by atoms with Crippen LogP contribution in [0, 0.1) is 0 Å². The Kier molecular flexibility index (Phi) is 3.88. The number of hydrogen-bond donors (Lipinski definition) is 1. The SMILES string of the molecule is CC(C)(C)OC(=O)C(N)Cc1cccs1. The highest BCUT2D eigenvalue weighted by atomic mass is 32.1. The molecule has 1 unspecified atom stereocenters. The zero-order chi connectivity index (χ0) is 11.5. The van der Waals surface area contributed by atoms with Gasteiger partial charge in [0.25, 0.3) is 0 Å². The third-order valence-electron chi connectivity index (χ3n) is 1.71. The molecule has 84 valence electrons. The van der Waals surface area contributed by atoms with E-state index in [4.69, 9.17) is 10.5 Å². The zero-order valence-electron chi connectivity index (χ0n) is 9.32. The number of esters is 1. The molecule has 0 aliphatic heterocycles. The van der Waals surface area contributed by atoms with E-state index >= 15 is 0 Å². The molecule has 15 heavy (non-hydrogen) atoms. The molecular weight excluding hydrogens is 210 g/mol. The van der Waals surface area contributed by atoms with Crippen LogP contribution in [0.1, 0.15) is 25.6 Å². The van der Waals surface area contributed by atoms with E-state index in [0.717, 1.165) is 4.88 Å². The molecule has 1 heterocycles. The van der Waals surface area contributed by atoms with Gasteiger partial charge < -0.3 is 10.5 Å². The summed E-state index contributed by atoms with van der Waals surface area (Å²) in [6.07, 6.45) is 0.548. The minimum Gasteiger partial charge on any atom is -0.459 e. The molecule has 0 aromatic carbocycles. The highest BCUT2D eigenvalue weighted by molar-refractivity contribution is 7.09. The Bertz CT molecular complexity index is 314. The third kappa shape index (κ3) is 4.44. The Hall–Kier alpha value is -0.870. The summed E-state index contributed by atoms with van der Waals surface area (Å²) in [6.45, 7) is 5.51. The standard InChI is InChI=1S/C11H17NO2S/c1-11(2,3)14-10(13)9(12)7-8-5-4-6-15-8/h4-6,9H,7,12H2,1-3H3. The second kappa shape index (κ2) is 4.77. The molecule has 0 saturated heterocycles. The molecule has 1 aromatic rings. The van der Waals surface area contributed by atoms with E-state index in [1.165, 1.54) is 0 Å². The van der Waals surface area contributed by atoms with E-state index in [1.807, 2.05) is 38.3 Å². The summed E-state index contributed by atoms with van der Waals surface area (Å²) >= 11 is 1.60. The fourth-order valence-electron chi connectivity index (χ4n) is 1.11. The van der Waals surface area contributed by atoms with Crippen LogP contribution in [-0.4, -0.2) is 17.6 Å².